The number of pyridine rings is 2. The number of rotatable bonds is 3. The number of hydrogen-bond acceptors (Lipinski definition) is 2. The van der Waals surface area contributed by atoms with Gasteiger partial charge in [0.1, 0.15) is 0 Å². The first kappa shape index (κ1) is 22.7. The molecule has 0 unspecified atom stereocenters. The smallest absolute Gasteiger partial charge is 0.0711 e. The lowest BCUT2D eigenvalue weighted by molar-refractivity contribution is 0.0170. The van der Waals surface area contributed by atoms with E-state index in [9.17, 15) is 0 Å². The van der Waals surface area contributed by atoms with Crippen molar-refractivity contribution in [2.45, 2.75) is 65.2 Å². The summed E-state index contributed by atoms with van der Waals surface area (Å²) in [5.41, 5.74) is 13.5. The van der Waals surface area contributed by atoms with E-state index in [2.05, 4.69) is 100 Å². The largest absolute Gasteiger partial charge is 0.253 e. The molecule has 2 saturated carbocycles. The van der Waals surface area contributed by atoms with E-state index in [0.717, 1.165) is 36.1 Å². The third-order valence-electron chi connectivity index (χ3n) is 11.3. The van der Waals surface area contributed by atoms with Crippen LogP contribution in [0.5, 0.6) is 0 Å². The molecule has 38 heavy (non-hydrogen) atoms. The summed E-state index contributed by atoms with van der Waals surface area (Å²) < 4.78 is 0. The molecule has 2 fully saturated rings. The fourth-order valence-corrected chi connectivity index (χ4v) is 8.42. The lowest BCUT2D eigenvalue weighted by Gasteiger charge is -2.56. The molecule has 6 aliphatic carbocycles. The van der Waals surface area contributed by atoms with E-state index in [1.54, 1.807) is 0 Å². The predicted molar refractivity (Wildman–Crippen MR) is 155 cm³/mol. The van der Waals surface area contributed by atoms with Crippen LogP contribution in [0.2, 0.25) is 0 Å². The Labute approximate surface area is 226 Å². The summed E-state index contributed by atoms with van der Waals surface area (Å²) in [6.07, 6.45) is 4.89. The lowest BCUT2D eigenvalue weighted by atomic mass is 9.48. The highest BCUT2D eigenvalue weighted by Gasteiger charge is 2.53. The summed E-state index contributed by atoms with van der Waals surface area (Å²) in [5.74, 6) is 2.87. The lowest BCUT2D eigenvalue weighted by Crippen LogP contribution is -2.48. The summed E-state index contributed by atoms with van der Waals surface area (Å²) in [6, 6.07) is 26.9. The molecule has 2 nitrogen and oxygen atoms in total. The zero-order valence-electron chi connectivity index (χ0n) is 23.0. The summed E-state index contributed by atoms with van der Waals surface area (Å²) >= 11 is 0. The second kappa shape index (κ2) is 7.65. The molecule has 0 spiro atoms. The van der Waals surface area contributed by atoms with Gasteiger partial charge in [-0.2, -0.15) is 0 Å². The molecular weight excluding hydrogens is 460 g/mol. The third-order valence-corrected chi connectivity index (χ3v) is 11.3. The molecule has 0 aliphatic heterocycles. The fourth-order valence-electron chi connectivity index (χ4n) is 8.42. The molecule has 10 rings (SSSR count). The highest BCUT2D eigenvalue weighted by atomic mass is 14.8. The first-order valence-corrected chi connectivity index (χ1v) is 14.5. The van der Waals surface area contributed by atoms with Crippen LogP contribution in [-0.2, 0) is 12.8 Å². The highest BCUT2D eigenvalue weighted by molar-refractivity contribution is 5.90. The van der Waals surface area contributed by atoms with Crippen LogP contribution in [0.25, 0.3) is 33.6 Å². The van der Waals surface area contributed by atoms with Crippen LogP contribution in [0.3, 0.4) is 0 Å². The average molecular weight is 497 g/mol. The number of nitrogens with zero attached hydrogens (tertiary/aromatic N) is 2. The summed E-state index contributed by atoms with van der Waals surface area (Å²) in [7, 11) is 0. The summed E-state index contributed by atoms with van der Waals surface area (Å²) in [5, 5.41) is 0. The van der Waals surface area contributed by atoms with Gasteiger partial charge >= 0.3 is 0 Å². The van der Waals surface area contributed by atoms with Crippen LogP contribution in [0.15, 0.2) is 72.8 Å². The minimum Gasteiger partial charge on any atom is -0.253 e. The van der Waals surface area contributed by atoms with Gasteiger partial charge in [0.2, 0.25) is 0 Å². The van der Waals surface area contributed by atoms with Crippen molar-refractivity contribution in [1.82, 2.24) is 9.97 Å². The zero-order valence-corrected chi connectivity index (χ0v) is 23.0. The van der Waals surface area contributed by atoms with Crippen molar-refractivity contribution in [3.63, 3.8) is 0 Å². The molecule has 4 bridgehead atoms. The SMILES string of the molecule is CC1(C)[C@H]2Cc3nc(-c4ccccc4-c4ccccc4-c4ccc5c(n4)C[C@H]4C[C@@H]5C4(C)C)ccc3[C@@H]1C2. The van der Waals surface area contributed by atoms with Crippen LogP contribution in [0.4, 0.5) is 0 Å². The number of aromatic nitrogens is 2. The molecule has 2 aromatic carbocycles. The van der Waals surface area contributed by atoms with Gasteiger partial charge in [-0.1, -0.05) is 88.4 Å². The Morgan fingerprint density at radius 1 is 0.526 bits per heavy atom. The van der Waals surface area contributed by atoms with E-state index in [1.807, 2.05) is 0 Å². The Morgan fingerprint density at radius 2 is 0.921 bits per heavy atom. The van der Waals surface area contributed by atoms with Crippen molar-refractivity contribution in [2.24, 2.45) is 22.7 Å². The molecule has 6 aliphatic rings. The Balaban J connectivity index is 1.21. The van der Waals surface area contributed by atoms with Gasteiger partial charge in [0, 0.05) is 22.5 Å². The second-order valence-electron chi connectivity index (χ2n) is 13.6. The Bertz CT molecular complexity index is 1490. The van der Waals surface area contributed by atoms with Crippen LogP contribution < -0.4 is 0 Å². The molecule has 2 heteroatoms. The quantitative estimate of drug-likeness (QED) is 0.283. The van der Waals surface area contributed by atoms with E-state index in [4.69, 9.17) is 9.97 Å². The zero-order chi connectivity index (χ0) is 25.8. The maximum absolute atomic E-state index is 5.29. The molecule has 190 valence electrons. The van der Waals surface area contributed by atoms with E-state index < -0.39 is 0 Å². The van der Waals surface area contributed by atoms with Gasteiger partial charge in [0.25, 0.3) is 0 Å². The third kappa shape index (κ3) is 3.01. The number of benzene rings is 2. The topological polar surface area (TPSA) is 25.8 Å². The van der Waals surface area contributed by atoms with Gasteiger partial charge in [-0.05, 0) is 94.6 Å². The van der Waals surface area contributed by atoms with Crippen molar-refractivity contribution in [1.29, 1.82) is 0 Å². The second-order valence-corrected chi connectivity index (χ2v) is 13.6. The van der Waals surface area contributed by atoms with Gasteiger partial charge in [0.05, 0.1) is 11.4 Å². The van der Waals surface area contributed by atoms with Crippen molar-refractivity contribution in [2.75, 3.05) is 0 Å². The van der Waals surface area contributed by atoms with E-state index >= 15 is 0 Å². The maximum atomic E-state index is 5.29. The first-order valence-electron chi connectivity index (χ1n) is 14.5. The minimum atomic E-state index is 0.422. The van der Waals surface area contributed by atoms with Gasteiger partial charge in [-0.15, -0.1) is 0 Å². The Morgan fingerprint density at radius 3 is 1.32 bits per heavy atom. The van der Waals surface area contributed by atoms with E-state index in [-0.39, 0.29) is 0 Å². The van der Waals surface area contributed by atoms with Gasteiger partial charge in [0.15, 0.2) is 0 Å². The molecule has 0 N–H and O–H groups in total. The van der Waals surface area contributed by atoms with Crippen LogP contribution in [0.1, 0.15) is 74.9 Å². The molecule has 2 aromatic heterocycles. The molecule has 0 saturated heterocycles. The van der Waals surface area contributed by atoms with Crippen molar-refractivity contribution >= 4 is 0 Å². The maximum Gasteiger partial charge on any atom is 0.0711 e. The fraction of sp³-hybridized carbons (Fsp3) is 0.389. The summed E-state index contributed by atoms with van der Waals surface area (Å²) in [4.78, 5) is 10.6. The first-order chi connectivity index (χ1) is 18.3. The van der Waals surface area contributed by atoms with Gasteiger partial charge < -0.3 is 0 Å². The van der Waals surface area contributed by atoms with E-state index in [1.165, 1.54) is 57.6 Å². The molecule has 4 aromatic rings. The molecule has 0 amide bonds. The van der Waals surface area contributed by atoms with Crippen LogP contribution in [0, 0.1) is 22.7 Å². The molecule has 2 heterocycles. The minimum absolute atomic E-state index is 0.422. The van der Waals surface area contributed by atoms with Gasteiger partial charge in [-0.3, -0.25) is 9.97 Å². The molecular formula is C36H36N2. The van der Waals surface area contributed by atoms with Crippen molar-refractivity contribution < 1.29 is 0 Å². The Kier molecular flexibility index (Phi) is 4.57. The molecule has 0 radical (unpaired) electrons. The molecule has 4 atom stereocenters. The Hall–Kier alpha value is -3.26. The summed E-state index contributed by atoms with van der Waals surface area (Å²) in [6.45, 7) is 9.75. The van der Waals surface area contributed by atoms with Crippen molar-refractivity contribution in [3.05, 3.63) is 95.3 Å². The number of hydrogen-bond donors (Lipinski definition) is 0. The van der Waals surface area contributed by atoms with Gasteiger partial charge in [-0.25, -0.2) is 0 Å². The highest BCUT2D eigenvalue weighted by Crippen LogP contribution is 2.63. The van der Waals surface area contributed by atoms with E-state index in [0.29, 0.717) is 22.7 Å². The monoisotopic (exact) mass is 496 g/mol. The average Bonchev–Trinajstić information content (AvgIpc) is 2.95. The van der Waals surface area contributed by atoms with Crippen LogP contribution >= 0.6 is 0 Å². The van der Waals surface area contributed by atoms with Crippen molar-refractivity contribution in [3.8, 4) is 33.6 Å². The van der Waals surface area contributed by atoms with Crippen LogP contribution in [-0.4, -0.2) is 9.97 Å². The normalized spacial score (nSPS) is 26.9. The standard InChI is InChI=1S/C36H36N2/c1-35(2)21-17-29(35)27-13-15-31(37-33(27)19-21)25-11-7-5-9-23(25)24-10-6-8-12-26(24)32-16-14-28-30-18-22(36(30,3)4)20-34(28)38-32/h5-16,21-22,29-30H,17-20H2,1-4H3/t21-,22-,29+,30+/m1/s1. The predicted octanol–water partition coefficient (Wildman–Crippen LogP) is 8.85.